The number of rotatable bonds is 4. The quantitative estimate of drug-likeness (QED) is 0.838. The third-order valence-electron chi connectivity index (χ3n) is 5.50. The van der Waals surface area contributed by atoms with Crippen molar-refractivity contribution in [2.75, 3.05) is 38.4 Å². The number of ether oxygens (including phenoxy) is 4. The Morgan fingerprint density at radius 1 is 0.964 bits per heavy atom. The maximum atomic E-state index is 12.6. The molecule has 0 aromatic heterocycles. The maximum Gasteiger partial charge on any atom is 0.279 e. The SMILES string of the molecule is O=C(C[NH+]1CCC[C@@H]1c1ccc2c(c1)OCCO2)Nc1ccc2c(c1)OCO2. The molecule has 2 N–H and O–H groups in total. The number of likely N-dealkylation sites (tertiary alicyclic amines) is 1. The highest BCUT2D eigenvalue weighted by molar-refractivity contribution is 5.91. The fraction of sp³-hybridized carbons (Fsp3) is 0.381. The van der Waals surface area contributed by atoms with Crippen molar-refractivity contribution in [1.82, 2.24) is 0 Å². The molecule has 0 radical (unpaired) electrons. The van der Waals surface area contributed by atoms with E-state index in [0.29, 0.717) is 37.3 Å². The summed E-state index contributed by atoms with van der Waals surface area (Å²) in [6, 6.07) is 11.9. The van der Waals surface area contributed by atoms with Crippen LogP contribution in [-0.4, -0.2) is 39.0 Å². The van der Waals surface area contributed by atoms with Crippen molar-refractivity contribution >= 4 is 11.6 Å². The first-order valence-electron chi connectivity index (χ1n) is 9.70. The van der Waals surface area contributed by atoms with Crippen molar-refractivity contribution in [3.8, 4) is 23.0 Å². The van der Waals surface area contributed by atoms with Crippen LogP contribution in [0.15, 0.2) is 36.4 Å². The molecule has 7 heteroatoms. The van der Waals surface area contributed by atoms with Crippen LogP contribution < -0.4 is 29.2 Å². The van der Waals surface area contributed by atoms with Crippen LogP contribution in [0.25, 0.3) is 0 Å². The molecule has 2 aromatic carbocycles. The van der Waals surface area contributed by atoms with Crippen molar-refractivity contribution in [2.24, 2.45) is 0 Å². The molecule has 2 atom stereocenters. The van der Waals surface area contributed by atoms with E-state index in [9.17, 15) is 4.79 Å². The van der Waals surface area contributed by atoms with Crippen molar-refractivity contribution in [1.29, 1.82) is 0 Å². The number of fused-ring (bicyclic) bond motifs is 2. The summed E-state index contributed by atoms with van der Waals surface area (Å²) in [6.45, 7) is 2.80. The first kappa shape index (κ1) is 17.2. The molecule has 146 valence electrons. The van der Waals surface area contributed by atoms with Gasteiger partial charge in [-0.3, -0.25) is 4.79 Å². The van der Waals surface area contributed by atoms with Crippen LogP contribution in [-0.2, 0) is 4.79 Å². The van der Waals surface area contributed by atoms with Gasteiger partial charge in [0, 0.05) is 30.2 Å². The number of quaternary nitrogens is 1. The number of benzene rings is 2. The summed E-state index contributed by atoms with van der Waals surface area (Å²) in [5.74, 6) is 2.98. The van der Waals surface area contributed by atoms with Gasteiger partial charge in [-0.15, -0.1) is 0 Å². The average molecular weight is 383 g/mol. The van der Waals surface area contributed by atoms with Gasteiger partial charge in [0.05, 0.1) is 6.54 Å². The zero-order chi connectivity index (χ0) is 18.9. The summed E-state index contributed by atoms with van der Waals surface area (Å²) in [5.41, 5.74) is 1.93. The Morgan fingerprint density at radius 2 is 1.71 bits per heavy atom. The van der Waals surface area contributed by atoms with Crippen LogP contribution in [0.1, 0.15) is 24.4 Å². The lowest BCUT2D eigenvalue weighted by molar-refractivity contribution is -0.910. The van der Waals surface area contributed by atoms with Gasteiger partial charge in [-0.25, -0.2) is 0 Å². The van der Waals surface area contributed by atoms with Gasteiger partial charge in [0.2, 0.25) is 6.79 Å². The van der Waals surface area contributed by atoms with E-state index in [1.165, 1.54) is 10.5 Å². The van der Waals surface area contributed by atoms with Crippen LogP contribution in [0.3, 0.4) is 0 Å². The number of nitrogens with one attached hydrogen (secondary N) is 2. The Labute approximate surface area is 163 Å². The molecule has 3 aliphatic rings. The minimum absolute atomic E-state index is 0.00157. The molecular weight excluding hydrogens is 360 g/mol. The van der Waals surface area contributed by atoms with Gasteiger partial charge in [0.1, 0.15) is 19.3 Å². The van der Waals surface area contributed by atoms with Gasteiger partial charge < -0.3 is 29.2 Å². The van der Waals surface area contributed by atoms with Gasteiger partial charge in [0.25, 0.3) is 5.91 Å². The zero-order valence-corrected chi connectivity index (χ0v) is 15.5. The van der Waals surface area contributed by atoms with Crippen molar-refractivity contribution in [3.63, 3.8) is 0 Å². The molecule has 3 heterocycles. The fourth-order valence-electron chi connectivity index (χ4n) is 4.19. The molecule has 2 aromatic rings. The van der Waals surface area contributed by atoms with E-state index in [1.54, 1.807) is 6.07 Å². The number of anilines is 1. The number of hydrogen-bond acceptors (Lipinski definition) is 5. The van der Waals surface area contributed by atoms with E-state index in [1.807, 2.05) is 18.2 Å². The predicted molar refractivity (Wildman–Crippen MR) is 101 cm³/mol. The second-order valence-electron chi connectivity index (χ2n) is 7.30. The minimum Gasteiger partial charge on any atom is -0.486 e. The highest BCUT2D eigenvalue weighted by Gasteiger charge is 2.32. The molecule has 1 unspecified atom stereocenters. The Morgan fingerprint density at radius 3 is 2.64 bits per heavy atom. The van der Waals surface area contributed by atoms with E-state index < -0.39 is 0 Å². The number of carbonyl (C=O) groups excluding carboxylic acids is 1. The molecule has 28 heavy (non-hydrogen) atoms. The van der Waals surface area contributed by atoms with Gasteiger partial charge >= 0.3 is 0 Å². The summed E-state index contributed by atoms with van der Waals surface area (Å²) >= 11 is 0. The number of hydrogen-bond donors (Lipinski definition) is 2. The molecule has 1 saturated heterocycles. The number of carbonyl (C=O) groups is 1. The van der Waals surface area contributed by atoms with Crippen LogP contribution in [0.4, 0.5) is 5.69 Å². The lowest BCUT2D eigenvalue weighted by Crippen LogP contribution is -3.11. The molecule has 0 aliphatic carbocycles. The smallest absolute Gasteiger partial charge is 0.279 e. The van der Waals surface area contributed by atoms with E-state index in [0.717, 1.165) is 36.6 Å². The van der Waals surface area contributed by atoms with Crippen molar-refractivity contribution in [3.05, 3.63) is 42.0 Å². The highest BCUT2D eigenvalue weighted by Crippen LogP contribution is 2.35. The Balaban J connectivity index is 1.26. The highest BCUT2D eigenvalue weighted by atomic mass is 16.7. The van der Waals surface area contributed by atoms with Crippen LogP contribution in [0, 0.1) is 0 Å². The second-order valence-corrected chi connectivity index (χ2v) is 7.30. The Kier molecular flexibility index (Phi) is 4.44. The summed E-state index contributed by atoms with van der Waals surface area (Å²) in [5, 5.41) is 2.98. The fourth-order valence-corrected chi connectivity index (χ4v) is 4.19. The van der Waals surface area contributed by atoms with Crippen molar-refractivity contribution < 1.29 is 28.6 Å². The van der Waals surface area contributed by atoms with Crippen molar-refractivity contribution in [2.45, 2.75) is 18.9 Å². The van der Waals surface area contributed by atoms with E-state index in [-0.39, 0.29) is 12.7 Å². The normalized spacial score (nSPS) is 22.1. The van der Waals surface area contributed by atoms with Gasteiger partial charge in [-0.05, 0) is 30.3 Å². The summed E-state index contributed by atoms with van der Waals surface area (Å²) < 4.78 is 22.0. The lowest BCUT2D eigenvalue weighted by atomic mass is 10.0. The summed E-state index contributed by atoms with van der Waals surface area (Å²) in [7, 11) is 0. The lowest BCUT2D eigenvalue weighted by Gasteiger charge is -2.24. The van der Waals surface area contributed by atoms with Gasteiger partial charge in [-0.2, -0.15) is 0 Å². The maximum absolute atomic E-state index is 12.6. The summed E-state index contributed by atoms with van der Waals surface area (Å²) in [6.07, 6.45) is 2.16. The molecule has 7 nitrogen and oxygen atoms in total. The Bertz CT molecular complexity index is 900. The average Bonchev–Trinajstić information content (AvgIpc) is 3.36. The van der Waals surface area contributed by atoms with Crippen LogP contribution >= 0.6 is 0 Å². The molecule has 1 fully saturated rings. The largest absolute Gasteiger partial charge is 0.486 e. The van der Waals surface area contributed by atoms with Gasteiger partial charge in [0.15, 0.2) is 29.5 Å². The standard InChI is InChI=1S/C21H22N2O5/c24-21(22-15-4-6-18-20(11-15)28-13-27-18)12-23-7-1-2-16(23)14-3-5-17-19(10-14)26-9-8-25-17/h3-6,10-11,16H,1-2,7-9,12-13H2,(H,22,24)/p+1/t16-/m1/s1. The molecule has 1 amide bonds. The first-order chi connectivity index (χ1) is 13.8. The minimum atomic E-state index is -0.00157. The summed E-state index contributed by atoms with van der Waals surface area (Å²) in [4.78, 5) is 13.9. The van der Waals surface area contributed by atoms with E-state index in [4.69, 9.17) is 18.9 Å². The zero-order valence-electron chi connectivity index (χ0n) is 15.5. The molecule has 3 aliphatic heterocycles. The monoisotopic (exact) mass is 383 g/mol. The molecule has 0 spiro atoms. The van der Waals surface area contributed by atoms with Crippen LogP contribution in [0.5, 0.6) is 23.0 Å². The van der Waals surface area contributed by atoms with Gasteiger partial charge in [-0.1, -0.05) is 0 Å². The predicted octanol–water partition coefficient (Wildman–Crippen LogP) is 1.54. The molecule has 0 bridgehead atoms. The third kappa shape index (κ3) is 3.33. The third-order valence-corrected chi connectivity index (χ3v) is 5.50. The Hall–Kier alpha value is -2.93. The first-order valence-corrected chi connectivity index (χ1v) is 9.70. The second kappa shape index (κ2) is 7.24. The van der Waals surface area contributed by atoms with E-state index >= 15 is 0 Å². The molecule has 5 rings (SSSR count). The number of amides is 1. The molecular formula is C21H23N2O5+. The molecule has 0 saturated carbocycles. The van der Waals surface area contributed by atoms with Crippen LogP contribution in [0.2, 0.25) is 0 Å². The van der Waals surface area contributed by atoms with E-state index in [2.05, 4.69) is 17.4 Å². The topological polar surface area (TPSA) is 70.5 Å².